The van der Waals surface area contributed by atoms with Gasteiger partial charge >= 0.3 is 0 Å². The lowest BCUT2D eigenvalue weighted by molar-refractivity contribution is 0.333. The third-order valence-electron chi connectivity index (χ3n) is 2.46. The topological polar surface area (TPSA) is 21.3 Å². The van der Waals surface area contributed by atoms with E-state index in [0.29, 0.717) is 6.61 Å². The van der Waals surface area contributed by atoms with Gasteiger partial charge in [-0.05, 0) is 36.8 Å². The van der Waals surface area contributed by atoms with E-state index in [1.54, 1.807) is 0 Å². The summed E-state index contributed by atoms with van der Waals surface area (Å²) in [7, 11) is 0. The molecular formula is C15H18ClNO. The Balaban J connectivity index is 0.00000162. The van der Waals surface area contributed by atoms with Crippen molar-refractivity contribution in [1.29, 1.82) is 0 Å². The molecule has 18 heavy (non-hydrogen) atoms. The van der Waals surface area contributed by atoms with Gasteiger partial charge in [0.25, 0.3) is 0 Å². The smallest absolute Gasteiger partial charge is 0.119 e. The molecule has 2 aromatic rings. The highest BCUT2D eigenvalue weighted by Crippen LogP contribution is 2.10. The first-order valence-electron chi connectivity index (χ1n) is 5.83. The Labute approximate surface area is 114 Å². The van der Waals surface area contributed by atoms with Gasteiger partial charge in [0.05, 0.1) is 0 Å². The maximum absolute atomic E-state index is 5.60. The van der Waals surface area contributed by atoms with Gasteiger partial charge in [0.1, 0.15) is 12.4 Å². The van der Waals surface area contributed by atoms with Gasteiger partial charge in [-0.3, -0.25) is 0 Å². The molecule has 0 aromatic heterocycles. The lowest BCUT2D eigenvalue weighted by atomic mass is 10.2. The summed E-state index contributed by atoms with van der Waals surface area (Å²) in [5.74, 6) is 0.915. The van der Waals surface area contributed by atoms with E-state index < -0.39 is 0 Å². The van der Waals surface area contributed by atoms with Crippen LogP contribution in [0.2, 0.25) is 0 Å². The van der Waals surface area contributed by atoms with Crippen molar-refractivity contribution in [3.63, 3.8) is 0 Å². The minimum Gasteiger partial charge on any atom is -0.492 e. The second-order valence-electron chi connectivity index (χ2n) is 3.96. The van der Waals surface area contributed by atoms with Crippen LogP contribution in [0, 0.1) is 6.92 Å². The number of hydrogen-bond acceptors (Lipinski definition) is 2. The zero-order chi connectivity index (χ0) is 11.9. The molecular weight excluding hydrogens is 246 g/mol. The van der Waals surface area contributed by atoms with Crippen LogP contribution < -0.4 is 10.1 Å². The van der Waals surface area contributed by atoms with Crippen molar-refractivity contribution in [2.75, 3.05) is 18.5 Å². The highest BCUT2D eigenvalue weighted by atomic mass is 35.5. The summed E-state index contributed by atoms with van der Waals surface area (Å²) < 4.78 is 5.60. The van der Waals surface area contributed by atoms with Gasteiger partial charge in [0, 0.05) is 12.2 Å². The standard InChI is InChI=1S/C15H17NO.ClH/c1-13-6-5-7-14(12-13)16-10-11-17-15-8-3-2-4-9-15;/h2-9,12,16H,10-11H2,1H3;1H. The van der Waals surface area contributed by atoms with Crippen LogP contribution in [0.3, 0.4) is 0 Å². The molecule has 0 heterocycles. The minimum atomic E-state index is 0. The number of halogens is 1. The zero-order valence-corrected chi connectivity index (χ0v) is 11.2. The van der Waals surface area contributed by atoms with Gasteiger partial charge in [-0.25, -0.2) is 0 Å². The second-order valence-corrected chi connectivity index (χ2v) is 3.96. The molecule has 0 bridgehead atoms. The summed E-state index contributed by atoms with van der Waals surface area (Å²) in [6, 6.07) is 18.2. The Morgan fingerprint density at radius 1 is 1.00 bits per heavy atom. The van der Waals surface area contributed by atoms with Gasteiger partial charge in [0.15, 0.2) is 0 Å². The Hall–Kier alpha value is -1.67. The van der Waals surface area contributed by atoms with Gasteiger partial charge in [-0.1, -0.05) is 30.3 Å². The van der Waals surface area contributed by atoms with Crippen LogP contribution >= 0.6 is 12.4 Å². The van der Waals surface area contributed by atoms with Crippen LogP contribution in [-0.2, 0) is 0 Å². The summed E-state index contributed by atoms with van der Waals surface area (Å²) in [4.78, 5) is 0. The summed E-state index contributed by atoms with van der Waals surface area (Å²) in [5, 5.41) is 3.33. The van der Waals surface area contributed by atoms with Gasteiger partial charge in [-0.15, -0.1) is 12.4 Å². The molecule has 0 saturated heterocycles. The van der Waals surface area contributed by atoms with Crippen LogP contribution in [0.4, 0.5) is 5.69 Å². The van der Waals surface area contributed by atoms with E-state index in [9.17, 15) is 0 Å². The van der Waals surface area contributed by atoms with Crippen LogP contribution in [-0.4, -0.2) is 13.2 Å². The first kappa shape index (κ1) is 14.4. The number of anilines is 1. The van der Waals surface area contributed by atoms with E-state index in [0.717, 1.165) is 18.0 Å². The fourth-order valence-corrected chi connectivity index (χ4v) is 1.64. The van der Waals surface area contributed by atoms with Crippen LogP contribution in [0.5, 0.6) is 5.75 Å². The summed E-state index contributed by atoms with van der Waals surface area (Å²) in [6.07, 6.45) is 0. The molecule has 0 atom stereocenters. The summed E-state index contributed by atoms with van der Waals surface area (Å²) >= 11 is 0. The summed E-state index contributed by atoms with van der Waals surface area (Å²) in [6.45, 7) is 3.56. The molecule has 0 aliphatic carbocycles. The normalized spacial score (nSPS) is 9.39. The minimum absolute atomic E-state index is 0. The second kappa shape index (κ2) is 7.62. The number of nitrogens with one attached hydrogen (secondary N) is 1. The predicted octanol–water partition coefficient (Wildman–Crippen LogP) is 3.91. The van der Waals surface area contributed by atoms with Gasteiger partial charge in [-0.2, -0.15) is 0 Å². The highest BCUT2D eigenvalue weighted by Gasteiger charge is 1.93. The fraction of sp³-hybridized carbons (Fsp3) is 0.200. The molecule has 3 heteroatoms. The molecule has 0 amide bonds. The van der Waals surface area contributed by atoms with E-state index in [-0.39, 0.29) is 12.4 Å². The zero-order valence-electron chi connectivity index (χ0n) is 10.4. The van der Waals surface area contributed by atoms with E-state index in [1.165, 1.54) is 5.56 Å². The Morgan fingerprint density at radius 2 is 1.78 bits per heavy atom. The maximum Gasteiger partial charge on any atom is 0.119 e. The Kier molecular flexibility index (Phi) is 6.09. The molecule has 0 unspecified atom stereocenters. The molecule has 0 fully saturated rings. The van der Waals surface area contributed by atoms with Crippen molar-refractivity contribution in [2.45, 2.75) is 6.92 Å². The number of benzene rings is 2. The van der Waals surface area contributed by atoms with Crippen molar-refractivity contribution < 1.29 is 4.74 Å². The first-order chi connectivity index (χ1) is 8.34. The third-order valence-corrected chi connectivity index (χ3v) is 2.46. The van der Waals surface area contributed by atoms with Crippen LogP contribution in [0.15, 0.2) is 54.6 Å². The molecule has 2 rings (SSSR count). The van der Waals surface area contributed by atoms with E-state index in [1.807, 2.05) is 30.3 Å². The molecule has 0 radical (unpaired) electrons. The van der Waals surface area contributed by atoms with E-state index >= 15 is 0 Å². The van der Waals surface area contributed by atoms with Crippen molar-refractivity contribution in [1.82, 2.24) is 0 Å². The quantitative estimate of drug-likeness (QED) is 0.826. The highest BCUT2D eigenvalue weighted by molar-refractivity contribution is 5.85. The third kappa shape index (κ3) is 4.68. The molecule has 2 nitrogen and oxygen atoms in total. The number of rotatable bonds is 5. The SMILES string of the molecule is Cc1cccc(NCCOc2ccccc2)c1.Cl. The summed E-state index contributed by atoms with van der Waals surface area (Å²) in [5.41, 5.74) is 2.40. The molecule has 1 N–H and O–H groups in total. The average Bonchev–Trinajstić information content (AvgIpc) is 2.36. The largest absolute Gasteiger partial charge is 0.492 e. The molecule has 0 saturated carbocycles. The number of ether oxygens (including phenoxy) is 1. The predicted molar refractivity (Wildman–Crippen MR) is 78.9 cm³/mol. The van der Waals surface area contributed by atoms with Gasteiger partial charge in [0.2, 0.25) is 0 Å². The van der Waals surface area contributed by atoms with Crippen molar-refractivity contribution in [3.8, 4) is 5.75 Å². The Bertz CT molecular complexity index is 459. The monoisotopic (exact) mass is 263 g/mol. The van der Waals surface area contributed by atoms with Crippen molar-refractivity contribution in [3.05, 3.63) is 60.2 Å². The first-order valence-corrected chi connectivity index (χ1v) is 5.83. The average molecular weight is 264 g/mol. The van der Waals surface area contributed by atoms with E-state index in [2.05, 4.69) is 36.5 Å². The number of hydrogen-bond donors (Lipinski definition) is 1. The lowest BCUT2D eigenvalue weighted by Crippen LogP contribution is -2.11. The van der Waals surface area contributed by atoms with E-state index in [4.69, 9.17) is 4.74 Å². The molecule has 0 aliphatic heterocycles. The molecule has 0 spiro atoms. The van der Waals surface area contributed by atoms with Crippen LogP contribution in [0.1, 0.15) is 5.56 Å². The fourth-order valence-electron chi connectivity index (χ4n) is 1.64. The van der Waals surface area contributed by atoms with Crippen molar-refractivity contribution in [2.24, 2.45) is 0 Å². The van der Waals surface area contributed by atoms with Crippen LogP contribution in [0.25, 0.3) is 0 Å². The van der Waals surface area contributed by atoms with Crippen molar-refractivity contribution >= 4 is 18.1 Å². The molecule has 0 aliphatic rings. The molecule has 96 valence electrons. The number of aryl methyl sites for hydroxylation is 1. The molecule has 2 aromatic carbocycles. The van der Waals surface area contributed by atoms with Gasteiger partial charge < -0.3 is 10.1 Å². The number of para-hydroxylation sites is 1. The maximum atomic E-state index is 5.60. The lowest BCUT2D eigenvalue weighted by Gasteiger charge is -2.08. The Morgan fingerprint density at radius 3 is 2.50 bits per heavy atom.